The molecule has 4 saturated carbocycles. The van der Waals surface area contributed by atoms with Crippen molar-refractivity contribution in [2.45, 2.75) is 44.9 Å². The summed E-state index contributed by atoms with van der Waals surface area (Å²) in [6, 6.07) is 7.47. The van der Waals surface area contributed by atoms with E-state index in [4.69, 9.17) is 4.74 Å². The molecule has 1 aliphatic heterocycles. The van der Waals surface area contributed by atoms with E-state index >= 15 is 0 Å². The Bertz CT molecular complexity index is 796. The van der Waals surface area contributed by atoms with Crippen molar-refractivity contribution in [3.63, 3.8) is 0 Å². The Morgan fingerprint density at radius 3 is 2.23 bits per heavy atom. The number of carbonyl (C=O) groups excluding carboxylic acids is 2. The molecule has 1 heterocycles. The number of hydrogen-bond acceptors (Lipinski definition) is 4. The Kier molecular flexibility index (Phi) is 5.67. The number of benzene rings is 1. The molecular formula is C25H35N3O3. The van der Waals surface area contributed by atoms with E-state index in [0.717, 1.165) is 69.7 Å². The summed E-state index contributed by atoms with van der Waals surface area (Å²) in [6.45, 7) is 4.05. The van der Waals surface area contributed by atoms with Gasteiger partial charge >= 0.3 is 0 Å². The maximum atomic E-state index is 13.5. The summed E-state index contributed by atoms with van der Waals surface area (Å²) in [6.07, 6.45) is 7.98. The highest BCUT2D eigenvalue weighted by molar-refractivity contribution is 5.92. The third-order valence-corrected chi connectivity index (χ3v) is 8.19. The molecule has 1 saturated heterocycles. The summed E-state index contributed by atoms with van der Waals surface area (Å²) in [4.78, 5) is 30.4. The number of anilines is 1. The molecule has 1 aromatic rings. The molecule has 0 radical (unpaired) electrons. The second kappa shape index (κ2) is 8.45. The average Bonchev–Trinajstić information content (AvgIpc) is 2.77. The van der Waals surface area contributed by atoms with Crippen LogP contribution < -0.4 is 10.1 Å². The van der Waals surface area contributed by atoms with Crippen LogP contribution in [0.1, 0.15) is 44.9 Å². The fourth-order valence-electron chi connectivity index (χ4n) is 7.10. The van der Waals surface area contributed by atoms with Gasteiger partial charge in [0.2, 0.25) is 11.8 Å². The minimum atomic E-state index is -0.0362. The lowest BCUT2D eigenvalue weighted by Crippen LogP contribution is -2.58. The minimum Gasteiger partial charge on any atom is -0.495 e. The maximum absolute atomic E-state index is 13.5. The Labute approximate surface area is 185 Å². The standard InChI is InChI=1S/C25H35N3O3/c1-31-22-5-3-2-4-21(22)26-23(29)6-7-27-8-10-28(11-9-27)24(30)25-15-18-12-19(16-25)14-20(13-18)17-25/h2-5,18-20H,6-17H2,1H3,(H,26,29). The molecule has 6 rings (SSSR count). The summed E-state index contributed by atoms with van der Waals surface area (Å²) < 4.78 is 5.30. The predicted molar refractivity (Wildman–Crippen MR) is 120 cm³/mol. The van der Waals surface area contributed by atoms with Gasteiger partial charge in [-0.25, -0.2) is 0 Å². The Morgan fingerprint density at radius 1 is 1.00 bits per heavy atom. The van der Waals surface area contributed by atoms with Crippen LogP contribution in [0.4, 0.5) is 5.69 Å². The van der Waals surface area contributed by atoms with Crippen LogP contribution in [0.2, 0.25) is 0 Å². The number of hydrogen-bond donors (Lipinski definition) is 1. The number of amides is 2. The van der Waals surface area contributed by atoms with E-state index in [9.17, 15) is 9.59 Å². The van der Waals surface area contributed by atoms with Gasteiger partial charge in [0.25, 0.3) is 0 Å². The van der Waals surface area contributed by atoms with E-state index in [0.29, 0.717) is 23.8 Å². The van der Waals surface area contributed by atoms with Crippen molar-refractivity contribution in [3.8, 4) is 5.75 Å². The fourth-order valence-corrected chi connectivity index (χ4v) is 7.10. The monoisotopic (exact) mass is 425 g/mol. The smallest absolute Gasteiger partial charge is 0.228 e. The van der Waals surface area contributed by atoms with Gasteiger partial charge in [-0.1, -0.05) is 12.1 Å². The minimum absolute atomic E-state index is 0.00317. The highest BCUT2D eigenvalue weighted by Gasteiger charge is 2.55. The van der Waals surface area contributed by atoms with Crippen molar-refractivity contribution in [3.05, 3.63) is 24.3 Å². The van der Waals surface area contributed by atoms with Crippen molar-refractivity contribution in [1.29, 1.82) is 0 Å². The lowest BCUT2D eigenvalue weighted by Gasteiger charge is -2.57. The van der Waals surface area contributed by atoms with E-state index in [1.165, 1.54) is 19.3 Å². The van der Waals surface area contributed by atoms with Crippen molar-refractivity contribution in [2.75, 3.05) is 45.2 Å². The molecular weight excluding hydrogens is 390 g/mol. The second-order valence-corrected chi connectivity index (χ2v) is 10.3. The van der Waals surface area contributed by atoms with Crippen LogP contribution in [-0.2, 0) is 9.59 Å². The van der Waals surface area contributed by atoms with E-state index in [-0.39, 0.29) is 11.3 Å². The zero-order chi connectivity index (χ0) is 21.4. The highest BCUT2D eigenvalue weighted by Crippen LogP contribution is 2.60. The number of rotatable bonds is 6. The van der Waals surface area contributed by atoms with Crippen LogP contribution in [0, 0.1) is 23.2 Å². The Morgan fingerprint density at radius 2 is 1.61 bits per heavy atom. The zero-order valence-corrected chi connectivity index (χ0v) is 18.6. The first-order valence-electron chi connectivity index (χ1n) is 12.0. The quantitative estimate of drug-likeness (QED) is 0.759. The van der Waals surface area contributed by atoms with Crippen molar-refractivity contribution < 1.29 is 14.3 Å². The SMILES string of the molecule is COc1ccccc1NC(=O)CCN1CCN(C(=O)C23CC4CC(CC(C4)C2)C3)CC1. The second-order valence-electron chi connectivity index (χ2n) is 10.3. The molecule has 4 bridgehead atoms. The third-order valence-electron chi connectivity index (χ3n) is 8.19. The predicted octanol–water partition coefficient (Wildman–Crippen LogP) is 3.38. The van der Waals surface area contributed by atoms with Gasteiger partial charge in [0.1, 0.15) is 5.75 Å². The van der Waals surface area contributed by atoms with Crippen molar-refractivity contribution >= 4 is 17.5 Å². The first kappa shape index (κ1) is 20.8. The van der Waals surface area contributed by atoms with Gasteiger partial charge in [-0.3, -0.25) is 14.5 Å². The molecule has 6 nitrogen and oxygen atoms in total. The first-order chi connectivity index (χ1) is 15.0. The summed E-state index contributed by atoms with van der Waals surface area (Å²) in [7, 11) is 1.61. The highest BCUT2D eigenvalue weighted by atomic mass is 16.5. The molecule has 5 aliphatic rings. The molecule has 5 fully saturated rings. The number of piperazine rings is 1. The molecule has 168 valence electrons. The van der Waals surface area contributed by atoms with Gasteiger partial charge in [-0.2, -0.15) is 0 Å². The molecule has 2 amide bonds. The topological polar surface area (TPSA) is 61.9 Å². The van der Waals surface area contributed by atoms with Crippen LogP contribution in [0.25, 0.3) is 0 Å². The van der Waals surface area contributed by atoms with Crippen LogP contribution in [0.5, 0.6) is 5.75 Å². The van der Waals surface area contributed by atoms with Gasteiger partial charge in [0, 0.05) is 39.1 Å². The summed E-state index contributed by atoms with van der Waals surface area (Å²) in [5, 5.41) is 2.95. The number of nitrogens with zero attached hydrogens (tertiary/aromatic N) is 2. The maximum Gasteiger partial charge on any atom is 0.228 e. The molecule has 4 aliphatic carbocycles. The van der Waals surface area contributed by atoms with Gasteiger partial charge in [-0.05, 0) is 68.4 Å². The largest absolute Gasteiger partial charge is 0.495 e. The van der Waals surface area contributed by atoms with Crippen LogP contribution in [0.3, 0.4) is 0 Å². The molecule has 0 unspecified atom stereocenters. The molecule has 6 heteroatoms. The van der Waals surface area contributed by atoms with Crippen LogP contribution >= 0.6 is 0 Å². The fraction of sp³-hybridized carbons (Fsp3) is 0.680. The lowest BCUT2D eigenvalue weighted by atomic mass is 9.49. The average molecular weight is 426 g/mol. The van der Waals surface area contributed by atoms with E-state index < -0.39 is 0 Å². The van der Waals surface area contributed by atoms with Gasteiger partial charge in [0.05, 0.1) is 18.2 Å². The number of carbonyl (C=O) groups is 2. The molecule has 1 N–H and O–H groups in total. The summed E-state index contributed by atoms with van der Waals surface area (Å²) in [5.41, 5.74) is 0.673. The van der Waals surface area contributed by atoms with Crippen molar-refractivity contribution in [1.82, 2.24) is 9.80 Å². The van der Waals surface area contributed by atoms with Gasteiger partial charge < -0.3 is 15.0 Å². The molecule has 31 heavy (non-hydrogen) atoms. The van der Waals surface area contributed by atoms with Crippen LogP contribution in [-0.4, -0.2) is 61.4 Å². The summed E-state index contributed by atoms with van der Waals surface area (Å²) >= 11 is 0. The molecule has 0 atom stereocenters. The van der Waals surface area contributed by atoms with Gasteiger partial charge in [-0.15, -0.1) is 0 Å². The van der Waals surface area contributed by atoms with E-state index in [2.05, 4.69) is 15.1 Å². The number of ether oxygens (including phenoxy) is 1. The molecule has 1 aromatic carbocycles. The van der Waals surface area contributed by atoms with Gasteiger partial charge in [0.15, 0.2) is 0 Å². The lowest BCUT2D eigenvalue weighted by molar-refractivity contribution is -0.159. The first-order valence-corrected chi connectivity index (χ1v) is 12.0. The van der Waals surface area contributed by atoms with Crippen molar-refractivity contribution in [2.24, 2.45) is 23.2 Å². The third kappa shape index (κ3) is 4.19. The number of nitrogens with one attached hydrogen (secondary N) is 1. The normalized spacial score (nSPS) is 32.2. The Hall–Kier alpha value is -2.08. The number of methoxy groups -OCH3 is 1. The number of para-hydroxylation sites is 2. The molecule has 0 aromatic heterocycles. The van der Waals surface area contributed by atoms with Crippen LogP contribution in [0.15, 0.2) is 24.3 Å². The van der Waals surface area contributed by atoms with E-state index in [1.807, 2.05) is 24.3 Å². The molecule has 0 spiro atoms. The summed E-state index contributed by atoms with van der Waals surface area (Å²) in [5.74, 6) is 3.53. The Balaban J connectivity index is 1.09. The zero-order valence-electron chi connectivity index (χ0n) is 18.6. The van der Waals surface area contributed by atoms with E-state index in [1.54, 1.807) is 7.11 Å².